The lowest BCUT2D eigenvalue weighted by molar-refractivity contribution is -0.384. The number of aromatic nitrogens is 1. The van der Waals surface area contributed by atoms with Crippen LogP contribution in [0, 0.1) is 10.1 Å². The van der Waals surface area contributed by atoms with Gasteiger partial charge < -0.3 is 10.4 Å². The molecule has 1 fully saturated rings. The third-order valence-corrected chi connectivity index (χ3v) is 4.63. The van der Waals surface area contributed by atoms with E-state index in [1.54, 1.807) is 0 Å². The van der Waals surface area contributed by atoms with Crippen molar-refractivity contribution < 1.29 is 23.2 Å². The van der Waals surface area contributed by atoms with Crippen LogP contribution in [-0.4, -0.2) is 46.9 Å². The van der Waals surface area contributed by atoms with Gasteiger partial charge in [-0.2, -0.15) is 0 Å². The Labute approximate surface area is 113 Å². The van der Waals surface area contributed by atoms with E-state index >= 15 is 0 Å². The van der Waals surface area contributed by atoms with Crippen LogP contribution in [0.5, 0.6) is 0 Å². The molecular formula is C10H11N3O6S. The molecule has 2 heterocycles. The number of anilines is 1. The van der Waals surface area contributed by atoms with Crippen LogP contribution < -0.4 is 5.32 Å². The minimum atomic E-state index is -3.15. The molecule has 10 heteroatoms. The average molecular weight is 301 g/mol. The highest BCUT2D eigenvalue weighted by atomic mass is 32.2. The number of hydrogen-bond acceptors (Lipinski definition) is 7. The van der Waals surface area contributed by atoms with Gasteiger partial charge in [-0.1, -0.05) is 0 Å². The van der Waals surface area contributed by atoms with E-state index in [-0.39, 0.29) is 28.7 Å². The number of rotatable bonds is 4. The van der Waals surface area contributed by atoms with Crippen molar-refractivity contribution >= 4 is 27.3 Å². The summed E-state index contributed by atoms with van der Waals surface area (Å²) in [5.74, 6) is -1.70. The first-order valence-corrected chi connectivity index (χ1v) is 7.46. The molecule has 0 radical (unpaired) electrons. The van der Waals surface area contributed by atoms with Gasteiger partial charge in [0.15, 0.2) is 15.5 Å². The van der Waals surface area contributed by atoms with Crippen LogP contribution in [0.2, 0.25) is 0 Å². The van der Waals surface area contributed by atoms with E-state index in [0.29, 0.717) is 6.42 Å². The summed E-state index contributed by atoms with van der Waals surface area (Å²) in [5.41, 5.74) is -0.738. The number of nitrogens with zero attached hydrogens (tertiary/aromatic N) is 2. The molecule has 0 aliphatic carbocycles. The molecule has 1 aliphatic rings. The maximum atomic E-state index is 11.3. The summed E-state index contributed by atoms with van der Waals surface area (Å²) in [4.78, 5) is 24.6. The second-order valence-electron chi connectivity index (χ2n) is 4.37. The fourth-order valence-electron chi connectivity index (χ4n) is 1.93. The molecule has 0 spiro atoms. The third-order valence-electron chi connectivity index (χ3n) is 2.86. The second-order valence-corrected chi connectivity index (χ2v) is 6.60. The fourth-order valence-corrected chi connectivity index (χ4v) is 3.60. The van der Waals surface area contributed by atoms with Crippen molar-refractivity contribution in [3.8, 4) is 0 Å². The maximum Gasteiger partial charge on any atom is 0.354 e. The van der Waals surface area contributed by atoms with Gasteiger partial charge in [0, 0.05) is 12.1 Å². The number of carboxylic acids is 1. The van der Waals surface area contributed by atoms with E-state index in [0.717, 1.165) is 12.1 Å². The van der Waals surface area contributed by atoms with E-state index in [4.69, 9.17) is 5.11 Å². The predicted molar refractivity (Wildman–Crippen MR) is 68.5 cm³/mol. The van der Waals surface area contributed by atoms with Gasteiger partial charge in [0.1, 0.15) is 0 Å². The largest absolute Gasteiger partial charge is 0.477 e. The third kappa shape index (κ3) is 3.02. The first-order chi connectivity index (χ1) is 9.28. The van der Waals surface area contributed by atoms with E-state index in [2.05, 4.69) is 10.3 Å². The summed E-state index contributed by atoms with van der Waals surface area (Å²) < 4.78 is 22.7. The number of pyridine rings is 1. The van der Waals surface area contributed by atoms with Gasteiger partial charge in [-0.05, 0) is 12.5 Å². The predicted octanol–water partition coefficient (Wildman–Crippen LogP) is 0.287. The van der Waals surface area contributed by atoms with Gasteiger partial charge in [-0.25, -0.2) is 18.2 Å². The molecule has 1 atom stereocenters. The van der Waals surface area contributed by atoms with Crippen LogP contribution in [0.25, 0.3) is 0 Å². The van der Waals surface area contributed by atoms with Crippen LogP contribution >= 0.6 is 0 Å². The van der Waals surface area contributed by atoms with Crippen LogP contribution in [0.3, 0.4) is 0 Å². The van der Waals surface area contributed by atoms with Crippen LogP contribution in [0.4, 0.5) is 11.5 Å². The van der Waals surface area contributed by atoms with Crippen LogP contribution in [-0.2, 0) is 9.84 Å². The van der Waals surface area contributed by atoms with Gasteiger partial charge in [0.25, 0.3) is 0 Å². The Hall–Kier alpha value is -2.23. The van der Waals surface area contributed by atoms with Crippen molar-refractivity contribution in [3.63, 3.8) is 0 Å². The molecule has 1 aliphatic heterocycles. The molecular weight excluding hydrogens is 290 g/mol. The lowest BCUT2D eigenvalue weighted by Crippen LogP contribution is -2.22. The minimum absolute atomic E-state index is 0.00289. The second kappa shape index (κ2) is 5.04. The van der Waals surface area contributed by atoms with Crippen molar-refractivity contribution in [1.29, 1.82) is 0 Å². The molecule has 2 rings (SSSR count). The lowest BCUT2D eigenvalue weighted by Gasteiger charge is -2.11. The Morgan fingerprint density at radius 3 is 2.70 bits per heavy atom. The van der Waals surface area contributed by atoms with Crippen molar-refractivity contribution in [1.82, 2.24) is 4.98 Å². The molecule has 108 valence electrons. The Morgan fingerprint density at radius 1 is 1.50 bits per heavy atom. The molecule has 20 heavy (non-hydrogen) atoms. The number of nitrogens with one attached hydrogen (secondary N) is 1. The normalized spacial score (nSPS) is 20.5. The van der Waals surface area contributed by atoms with Gasteiger partial charge in [0.2, 0.25) is 5.82 Å². The molecule has 2 N–H and O–H groups in total. The van der Waals surface area contributed by atoms with E-state index < -0.39 is 26.8 Å². The van der Waals surface area contributed by atoms with Gasteiger partial charge in [-0.15, -0.1) is 0 Å². The standard InChI is InChI=1S/C10H11N3O6S/c14-10(15)7-1-2-8(13(16)17)9(12-7)11-6-3-4-20(18,19)5-6/h1-2,6H,3-5H2,(H,11,12)(H,14,15). The van der Waals surface area contributed by atoms with Crippen molar-refractivity contribution in [3.05, 3.63) is 27.9 Å². The number of hydrogen-bond donors (Lipinski definition) is 2. The zero-order valence-corrected chi connectivity index (χ0v) is 11.0. The van der Waals surface area contributed by atoms with Gasteiger partial charge >= 0.3 is 11.7 Å². The van der Waals surface area contributed by atoms with E-state index in [9.17, 15) is 23.3 Å². The molecule has 0 aromatic carbocycles. The van der Waals surface area contributed by atoms with E-state index in [1.807, 2.05) is 0 Å². The number of nitro groups is 1. The summed E-state index contributed by atoms with van der Waals surface area (Å²) >= 11 is 0. The highest BCUT2D eigenvalue weighted by molar-refractivity contribution is 7.91. The van der Waals surface area contributed by atoms with Gasteiger partial charge in [0.05, 0.1) is 16.4 Å². The quantitative estimate of drug-likeness (QED) is 0.597. The fraction of sp³-hybridized carbons (Fsp3) is 0.400. The molecule has 1 unspecified atom stereocenters. The number of aromatic carboxylic acids is 1. The smallest absolute Gasteiger partial charge is 0.354 e. The topological polar surface area (TPSA) is 140 Å². The zero-order valence-electron chi connectivity index (χ0n) is 10.1. The molecule has 0 amide bonds. The summed E-state index contributed by atoms with van der Waals surface area (Å²) in [6, 6.07) is 1.55. The molecule has 1 saturated heterocycles. The number of carbonyl (C=O) groups is 1. The first-order valence-electron chi connectivity index (χ1n) is 5.64. The Bertz CT molecular complexity index is 672. The SMILES string of the molecule is O=C(O)c1ccc([N+](=O)[O-])c(NC2CCS(=O)(=O)C2)n1. The highest BCUT2D eigenvalue weighted by Gasteiger charge is 2.30. The maximum absolute atomic E-state index is 11.3. The molecule has 0 bridgehead atoms. The van der Waals surface area contributed by atoms with Crippen molar-refractivity contribution in [2.45, 2.75) is 12.5 Å². The summed E-state index contributed by atoms with van der Waals surface area (Å²) in [7, 11) is -3.15. The summed E-state index contributed by atoms with van der Waals surface area (Å²) in [6.45, 7) is 0. The zero-order chi connectivity index (χ0) is 14.9. The highest BCUT2D eigenvalue weighted by Crippen LogP contribution is 2.25. The van der Waals surface area contributed by atoms with Gasteiger partial charge in [-0.3, -0.25) is 10.1 Å². The summed E-state index contributed by atoms with van der Waals surface area (Å²) in [5, 5.41) is 22.3. The average Bonchev–Trinajstić information content (AvgIpc) is 2.68. The lowest BCUT2D eigenvalue weighted by atomic mass is 10.2. The van der Waals surface area contributed by atoms with Crippen molar-refractivity contribution in [2.75, 3.05) is 16.8 Å². The Balaban J connectivity index is 2.31. The Morgan fingerprint density at radius 2 is 2.20 bits per heavy atom. The molecule has 0 saturated carbocycles. The van der Waals surface area contributed by atoms with E-state index in [1.165, 1.54) is 0 Å². The molecule has 1 aromatic rings. The number of sulfone groups is 1. The molecule has 1 aromatic heterocycles. The summed E-state index contributed by atoms with van der Waals surface area (Å²) in [6.07, 6.45) is 0.304. The first kappa shape index (κ1) is 14.2. The van der Waals surface area contributed by atoms with Crippen LogP contribution in [0.1, 0.15) is 16.9 Å². The number of carboxylic acid groups (broad SMARTS) is 1. The van der Waals surface area contributed by atoms with Crippen LogP contribution in [0.15, 0.2) is 12.1 Å². The molecule has 9 nitrogen and oxygen atoms in total. The van der Waals surface area contributed by atoms with Crippen molar-refractivity contribution in [2.24, 2.45) is 0 Å². The monoisotopic (exact) mass is 301 g/mol. The minimum Gasteiger partial charge on any atom is -0.477 e. The Kier molecular flexibility index (Phi) is 3.57.